The molecule has 16 heavy (non-hydrogen) atoms. The second-order valence-electron chi connectivity index (χ2n) is 3.15. The number of hydrogen-bond acceptors (Lipinski definition) is 2. The maximum atomic E-state index is 13.1. The molecule has 0 heterocycles. The molecule has 0 aliphatic rings. The maximum absolute atomic E-state index is 13.1. The van der Waals surface area contributed by atoms with Gasteiger partial charge in [0.2, 0.25) is 0 Å². The molecule has 0 radical (unpaired) electrons. The fraction of sp³-hybridized carbons (Fsp3) is 0.273. The molecule has 0 saturated heterocycles. The average molecular weight is 285 g/mol. The monoisotopic (exact) mass is 284 g/mol. The van der Waals surface area contributed by atoms with Gasteiger partial charge in [0.15, 0.2) is 0 Å². The molecule has 0 bridgehead atoms. The second-order valence-corrected chi connectivity index (χ2v) is 4.00. The molecule has 1 rings (SSSR count). The Morgan fingerprint density at radius 2 is 2.31 bits per heavy atom. The summed E-state index contributed by atoms with van der Waals surface area (Å²) >= 11 is 3.01. The Morgan fingerprint density at radius 1 is 1.56 bits per heavy atom. The molecule has 1 aromatic rings. The summed E-state index contributed by atoms with van der Waals surface area (Å²) in [6.07, 6.45) is 0.996. The Labute approximate surface area is 101 Å². The highest BCUT2D eigenvalue weighted by Gasteiger charge is 2.07. The number of halogens is 2. The Bertz CT molecular complexity index is 428. The van der Waals surface area contributed by atoms with Crippen molar-refractivity contribution in [3.63, 3.8) is 0 Å². The number of unbranched alkanes of at least 4 members (excludes halogenated alkanes) is 1. The van der Waals surface area contributed by atoms with Gasteiger partial charge < -0.3 is 5.32 Å². The molecular weight excluding hydrogens is 275 g/mol. The van der Waals surface area contributed by atoms with Crippen LogP contribution < -0.4 is 5.32 Å². The van der Waals surface area contributed by atoms with Gasteiger partial charge in [-0.05, 0) is 40.5 Å². The minimum absolute atomic E-state index is 0.276. The van der Waals surface area contributed by atoms with E-state index >= 15 is 0 Å². The van der Waals surface area contributed by atoms with Crippen LogP contribution in [0.15, 0.2) is 22.7 Å². The van der Waals surface area contributed by atoms with Crippen LogP contribution in [0.25, 0.3) is 0 Å². The van der Waals surface area contributed by atoms with Crippen molar-refractivity contribution in [2.45, 2.75) is 12.8 Å². The van der Waals surface area contributed by atoms with Gasteiger partial charge in [0.05, 0.1) is 10.5 Å². The molecule has 1 amide bonds. The van der Waals surface area contributed by atoms with E-state index in [9.17, 15) is 9.18 Å². The summed E-state index contributed by atoms with van der Waals surface area (Å²) in [5, 5.41) is 10.9. The summed E-state index contributed by atoms with van der Waals surface area (Å²) in [4.78, 5) is 11.5. The fourth-order valence-electron chi connectivity index (χ4n) is 1.11. The lowest BCUT2D eigenvalue weighted by Crippen LogP contribution is -2.24. The standard InChI is InChI=1S/C11H10BrFN2O/c12-9-4-3-8(7-10(9)13)11(16)15-6-2-1-5-14/h3-4,7H,1-2,6H2,(H,15,16). The minimum Gasteiger partial charge on any atom is -0.352 e. The normalized spacial score (nSPS) is 9.56. The Hall–Kier alpha value is -1.41. The first-order valence-electron chi connectivity index (χ1n) is 4.75. The van der Waals surface area contributed by atoms with Gasteiger partial charge in [-0.2, -0.15) is 5.26 Å². The highest BCUT2D eigenvalue weighted by atomic mass is 79.9. The predicted molar refractivity (Wildman–Crippen MR) is 61.3 cm³/mol. The topological polar surface area (TPSA) is 52.9 Å². The molecular formula is C11H10BrFN2O. The molecule has 1 aromatic carbocycles. The van der Waals surface area contributed by atoms with Gasteiger partial charge in [-0.3, -0.25) is 4.79 Å². The van der Waals surface area contributed by atoms with Gasteiger partial charge >= 0.3 is 0 Å². The van der Waals surface area contributed by atoms with Gasteiger partial charge in [-0.15, -0.1) is 0 Å². The lowest BCUT2D eigenvalue weighted by molar-refractivity contribution is 0.0953. The maximum Gasteiger partial charge on any atom is 0.251 e. The van der Waals surface area contributed by atoms with Crippen molar-refractivity contribution in [1.82, 2.24) is 5.32 Å². The van der Waals surface area contributed by atoms with E-state index in [1.54, 1.807) is 0 Å². The van der Waals surface area contributed by atoms with E-state index in [2.05, 4.69) is 21.2 Å². The fourth-order valence-corrected chi connectivity index (χ4v) is 1.36. The van der Waals surface area contributed by atoms with Crippen molar-refractivity contribution < 1.29 is 9.18 Å². The third kappa shape index (κ3) is 3.63. The number of nitrogens with one attached hydrogen (secondary N) is 1. The van der Waals surface area contributed by atoms with Crippen LogP contribution in [0.2, 0.25) is 0 Å². The van der Waals surface area contributed by atoms with Crippen molar-refractivity contribution in [2.75, 3.05) is 6.54 Å². The van der Waals surface area contributed by atoms with Gasteiger partial charge in [-0.1, -0.05) is 0 Å². The van der Waals surface area contributed by atoms with E-state index in [0.717, 1.165) is 0 Å². The van der Waals surface area contributed by atoms with E-state index in [0.29, 0.717) is 23.9 Å². The first-order valence-corrected chi connectivity index (χ1v) is 5.54. The number of nitrogens with zero attached hydrogens (tertiary/aromatic N) is 1. The summed E-state index contributed by atoms with van der Waals surface area (Å²) in [6, 6.07) is 6.17. The molecule has 84 valence electrons. The molecule has 0 aromatic heterocycles. The molecule has 0 unspecified atom stereocenters. The van der Waals surface area contributed by atoms with Crippen LogP contribution in [0.5, 0.6) is 0 Å². The van der Waals surface area contributed by atoms with Crippen LogP contribution in [0.1, 0.15) is 23.2 Å². The zero-order chi connectivity index (χ0) is 12.0. The molecule has 5 heteroatoms. The summed E-state index contributed by atoms with van der Waals surface area (Å²) in [6.45, 7) is 0.421. The molecule has 0 fully saturated rings. The van der Waals surface area contributed by atoms with Crippen LogP contribution in [0, 0.1) is 17.1 Å². The Kier molecular flexibility index (Phi) is 4.93. The number of carbonyl (C=O) groups is 1. The van der Waals surface area contributed by atoms with Crippen LogP contribution in [0.3, 0.4) is 0 Å². The average Bonchev–Trinajstić information content (AvgIpc) is 2.28. The Balaban J connectivity index is 2.53. The summed E-state index contributed by atoms with van der Waals surface area (Å²) in [5.74, 6) is -0.797. The first kappa shape index (κ1) is 12.7. The molecule has 0 spiro atoms. The zero-order valence-corrected chi connectivity index (χ0v) is 10.1. The second kappa shape index (κ2) is 6.23. The van der Waals surface area contributed by atoms with E-state index < -0.39 is 5.82 Å². The highest BCUT2D eigenvalue weighted by molar-refractivity contribution is 9.10. The third-order valence-electron chi connectivity index (χ3n) is 1.93. The summed E-state index contributed by atoms with van der Waals surface area (Å²) < 4.78 is 13.4. The smallest absolute Gasteiger partial charge is 0.251 e. The minimum atomic E-state index is -0.468. The lowest BCUT2D eigenvalue weighted by atomic mass is 10.2. The van der Waals surface area contributed by atoms with Crippen molar-refractivity contribution in [3.8, 4) is 6.07 Å². The van der Waals surface area contributed by atoms with Crippen LogP contribution in [-0.2, 0) is 0 Å². The van der Waals surface area contributed by atoms with E-state index in [4.69, 9.17) is 5.26 Å². The number of benzene rings is 1. The first-order chi connectivity index (χ1) is 7.65. The van der Waals surface area contributed by atoms with Crippen molar-refractivity contribution in [2.24, 2.45) is 0 Å². The number of rotatable bonds is 4. The third-order valence-corrected chi connectivity index (χ3v) is 2.58. The number of carbonyl (C=O) groups excluding carboxylic acids is 1. The largest absolute Gasteiger partial charge is 0.352 e. The SMILES string of the molecule is N#CCCCNC(=O)c1ccc(Br)c(F)c1. The van der Waals surface area contributed by atoms with Gasteiger partial charge in [0.25, 0.3) is 5.91 Å². The quantitative estimate of drug-likeness (QED) is 0.864. The highest BCUT2D eigenvalue weighted by Crippen LogP contribution is 2.16. The molecule has 1 N–H and O–H groups in total. The van der Waals surface area contributed by atoms with Gasteiger partial charge in [0, 0.05) is 18.5 Å². The summed E-state index contributed by atoms with van der Waals surface area (Å²) in [7, 11) is 0. The Morgan fingerprint density at radius 3 is 2.94 bits per heavy atom. The van der Waals surface area contributed by atoms with Crippen molar-refractivity contribution in [1.29, 1.82) is 5.26 Å². The number of amides is 1. The number of hydrogen-bond donors (Lipinski definition) is 1. The van der Waals surface area contributed by atoms with Crippen molar-refractivity contribution in [3.05, 3.63) is 34.1 Å². The zero-order valence-electron chi connectivity index (χ0n) is 8.46. The molecule has 0 aliphatic heterocycles. The van der Waals surface area contributed by atoms with Crippen molar-refractivity contribution >= 4 is 21.8 Å². The predicted octanol–water partition coefficient (Wildman–Crippen LogP) is 2.62. The molecule has 0 saturated carbocycles. The molecule has 0 aliphatic carbocycles. The van der Waals surface area contributed by atoms with Gasteiger partial charge in [-0.25, -0.2) is 4.39 Å². The van der Waals surface area contributed by atoms with Crippen LogP contribution in [0.4, 0.5) is 4.39 Å². The molecule has 3 nitrogen and oxygen atoms in total. The number of nitriles is 1. The van der Waals surface area contributed by atoms with E-state index in [-0.39, 0.29) is 11.5 Å². The summed E-state index contributed by atoms with van der Waals surface area (Å²) in [5.41, 5.74) is 0.276. The van der Waals surface area contributed by atoms with E-state index in [1.807, 2.05) is 6.07 Å². The lowest BCUT2D eigenvalue weighted by Gasteiger charge is -2.04. The van der Waals surface area contributed by atoms with Crippen LogP contribution >= 0.6 is 15.9 Å². The van der Waals surface area contributed by atoms with Gasteiger partial charge in [0.1, 0.15) is 5.82 Å². The van der Waals surface area contributed by atoms with Crippen LogP contribution in [-0.4, -0.2) is 12.5 Å². The van der Waals surface area contributed by atoms with E-state index in [1.165, 1.54) is 18.2 Å². The molecule has 0 atom stereocenters.